The van der Waals surface area contributed by atoms with E-state index in [1.165, 1.54) is 18.2 Å². The first kappa shape index (κ1) is 12.7. The van der Waals surface area contributed by atoms with Gasteiger partial charge >= 0.3 is 0 Å². The number of halogens is 2. The maximum Gasteiger partial charge on any atom is 0.263 e. The van der Waals surface area contributed by atoms with E-state index in [9.17, 15) is 13.9 Å². The lowest BCUT2D eigenvalue weighted by Gasteiger charge is -2.10. The number of hydrogen-bond donors (Lipinski definition) is 1. The van der Waals surface area contributed by atoms with Crippen molar-refractivity contribution in [3.63, 3.8) is 0 Å². The zero-order valence-corrected chi connectivity index (χ0v) is 9.08. The van der Waals surface area contributed by atoms with Gasteiger partial charge in [0.25, 0.3) is 6.43 Å². The van der Waals surface area contributed by atoms with Crippen molar-refractivity contribution in [2.45, 2.75) is 32.3 Å². The Hall–Kier alpha value is -1.40. The topological polar surface area (TPSA) is 20.2 Å². The molecule has 1 rings (SSSR count). The molecule has 0 aliphatic heterocycles. The summed E-state index contributed by atoms with van der Waals surface area (Å²) in [5.41, 5.74) is 0.467. The van der Waals surface area contributed by atoms with Crippen LogP contribution in [0.1, 0.15) is 43.4 Å². The third-order valence-electron chi connectivity index (χ3n) is 2.27. The highest BCUT2D eigenvalue weighted by Gasteiger charge is 2.11. The van der Waals surface area contributed by atoms with Crippen LogP contribution in [-0.4, -0.2) is 5.11 Å². The van der Waals surface area contributed by atoms with Crippen LogP contribution in [0.25, 0.3) is 0 Å². The number of aliphatic hydroxyl groups excluding tert-OH is 1. The van der Waals surface area contributed by atoms with Crippen molar-refractivity contribution in [2.75, 3.05) is 0 Å². The lowest BCUT2D eigenvalue weighted by Crippen LogP contribution is -1.98. The summed E-state index contributed by atoms with van der Waals surface area (Å²) in [7, 11) is 0. The first-order valence-electron chi connectivity index (χ1n) is 5.11. The van der Waals surface area contributed by atoms with Gasteiger partial charge in [-0.1, -0.05) is 18.2 Å². The molecule has 0 saturated carbocycles. The van der Waals surface area contributed by atoms with E-state index in [4.69, 9.17) is 0 Å². The van der Waals surface area contributed by atoms with Gasteiger partial charge in [0.15, 0.2) is 0 Å². The fraction of sp³-hybridized carbons (Fsp3) is 0.385. The number of hydrogen-bond acceptors (Lipinski definition) is 1. The van der Waals surface area contributed by atoms with Gasteiger partial charge in [-0.3, -0.25) is 0 Å². The molecule has 1 aromatic rings. The minimum absolute atomic E-state index is 0.0573. The zero-order valence-electron chi connectivity index (χ0n) is 9.08. The molecule has 0 aromatic heterocycles. The highest BCUT2D eigenvalue weighted by atomic mass is 19.3. The van der Waals surface area contributed by atoms with Gasteiger partial charge in [0, 0.05) is 12.0 Å². The highest BCUT2D eigenvalue weighted by molar-refractivity contribution is 5.26. The second-order valence-corrected chi connectivity index (χ2v) is 3.45. The maximum atomic E-state index is 12.4. The van der Waals surface area contributed by atoms with Gasteiger partial charge in [0.2, 0.25) is 0 Å². The molecule has 0 spiro atoms. The van der Waals surface area contributed by atoms with Crippen LogP contribution in [0.2, 0.25) is 0 Å². The quantitative estimate of drug-likeness (QED) is 0.776. The van der Waals surface area contributed by atoms with Crippen LogP contribution < -0.4 is 0 Å². The van der Waals surface area contributed by atoms with Gasteiger partial charge in [0.05, 0.1) is 6.10 Å². The third-order valence-corrected chi connectivity index (χ3v) is 2.27. The maximum absolute atomic E-state index is 12.4. The summed E-state index contributed by atoms with van der Waals surface area (Å²) in [6, 6.07) is 5.88. The molecular weight excluding hydrogens is 210 g/mol. The first-order chi connectivity index (χ1) is 7.65. The van der Waals surface area contributed by atoms with Crippen molar-refractivity contribution in [1.82, 2.24) is 0 Å². The molecule has 0 aliphatic rings. The van der Waals surface area contributed by atoms with Gasteiger partial charge in [-0.2, -0.15) is 0 Å². The average molecular weight is 224 g/mol. The average Bonchev–Trinajstić information content (AvgIpc) is 2.29. The Bertz CT molecular complexity index is 390. The number of alkyl halides is 2. The monoisotopic (exact) mass is 224 g/mol. The summed E-state index contributed by atoms with van der Waals surface area (Å²) < 4.78 is 24.8. The molecule has 0 radical (unpaired) electrons. The van der Waals surface area contributed by atoms with E-state index in [0.717, 1.165) is 0 Å². The van der Waals surface area contributed by atoms with E-state index in [0.29, 0.717) is 18.4 Å². The molecule has 1 atom stereocenters. The van der Waals surface area contributed by atoms with Crippen LogP contribution in [-0.2, 0) is 0 Å². The molecule has 16 heavy (non-hydrogen) atoms. The fourth-order valence-electron chi connectivity index (χ4n) is 1.40. The normalized spacial score (nSPS) is 12.1. The smallest absolute Gasteiger partial charge is 0.263 e. The molecular formula is C13H14F2O. The van der Waals surface area contributed by atoms with E-state index in [1.807, 2.05) is 0 Å². The molecule has 1 nitrogen and oxygen atoms in total. The van der Waals surface area contributed by atoms with Crippen molar-refractivity contribution in [1.29, 1.82) is 0 Å². The number of rotatable bonds is 4. The van der Waals surface area contributed by atoms with Crippen LogP contribution in [0, 0.1) is 11.8 Å². The molecule has 3 heteroatoms. The summed E-state index contributed by atoms with van der Waals surface area (Å²) in [5, 5.41) is 9.74. The Kier molecular flexibility index (Phi) is 4.94. The van der Waals surface area contributed by atoms with E-state index in [2.05, 4.69) is 11.8 Å². The van der Waals surface area contributed by atoms with Crippen molar-refractivity contribution in [3.8, 4) is 11.8 Å². The summed E-state index contributed by atoms with van der Waals surface area (Å²) >= 11 is 0. The van der Waals surface area contributed by atoms with E-state index < -0.39 is 12.5 Å². The Morgan fingerprint density at radius 3 is 2.62 bits per heavy atom. The Morgan fingerprint density at radius 2 is 2.00 bits per heavy atom. The predicted molar refractivity (Wildman–Crippen MR) is 59.0 cm³/mol. The van der Waals surface area contributed by atoms with Gasteiger partial charge in [-0.25, -0.2) is 8.78 Å². The summed E-state index contributed by atoms with van der Waals surface area (Å²) in [6.45, 7) is 1.73. The minimum atomic E-state index is -2.50. The van der Waals surface area contributed by atoms with Crippen molar-refractivity contribution >= 4 is 0 Å². The second kappa shape index (κ2) is 6.24. The predicted octanol–water partition coefficient (Wildman–Crippen LogP) is 3.46. The van der Waals surface area contributed by atoms with E-state index in [-0.39, 0.29) is 5.56 Å². The van der Waals surface area contributed by atoms with Gasteiger partial charge < -0.3 is 5.11 Å². The first-order valence-corrected chi connectivity index (χ1v) is 5.11. The molecule has 1 N–H and O–H groups in total. The molecule has 0 heterocycles. The van der Waals surface area contributed by atoms with E-state index >= 15 is 0 Å². The molecule has 1 unspecified atom stereocenters. The Balaban J connectivity index is 2.70. The summed E-state index contributed by atoms with van der Waals surface area (Å²) in [5.74, 6) is 5.55. The standard InChI is InChI=1S/C13H14F2O/c1-2-3-4-8-12(16)10-6-5-7-11(9-10)13(14)15/h5-7,9,12-13,16H,4,8H2,1H3. The van der Waals surface area contributed by atoms with Gasteiger partial charge in [-0.05, 0) is 25.0 Å². The Labute approximate surface area is 94.1 Å². The van der Waals surface area contributed by atoms with Crippen molar-refractivity contribution in [2.24, 2.45) is 0 Å². The fourth-order valence-corrected chi connectivity index (χ4v) is 1.40. The van der Waals surface area contributed by atoms with Crippen LogP contribution in [0.15, 0.2) is 24.3 Å². The molecule has 0 bridgehead atoms. The van der Waals surface area contributed by atoms with Crippen LogP contribution in [0.3, 0.4) is 0 Å². The molecule has 1 aromatic carbocycles. The zero-order chi connectivity index (χ0) is 12.0. The van der Waals surface area contributed by atoms with Gasteiger partial charge in [-0.15, -0.1) is 11.8 Å². The van der Waals surface area contributed by atoms with E-state index in [1.54, 1.807) is 13.0 Å². The number of aliphatic hydroxyl groups is 1. The lowest BCUT2D eigenvalue weighted by molar-refractivity contribution is 0.149. The van der Waals surface area contributed by atoms with Crippen molar-refractivity contribution in [3.05, 3.63) is 35.4 Å². The lowest BCUT2D eigenvalue weighted by atomic mass is 10.0. The summed E-state index contributed by atoms with van der Waals surface area (Å²) in [6.07, 6.45) is -2.19. The highest BCUT2D eigenvalue weighted by Crippen LogP contribution is 2.24. The van der Waals surface area contributed by atoms with Crippen LogP contribution in [0.4, 0.5) is 8.78 Å². The van der Waals surface area contributed by atoms with Crippen LogP contribution >= 0.6 is 0 Å². The number of benzene rings is 1. The molecule has 0 amide bonds. The third kappa shape index (κ3) is 3.63. The second-order valence-electron chi connectivity index (χ2n) is 3.45. The molecule has 0 fully saturated rings. The molecule has 86 valence electrons. The molecule has 0 aliphatic carbocycles. The van der Waals surface area contributed by atoms with Crippen LogP contribution in [0.5, 0.6) is 0 Å². The van der Waals surface area contributed by atoms with Crippen molar-refractivity contribution < 1.29 is 13.9 Å². The minimum Gasteiger partial charge on any atom is -0.388 e. The largest absolute Gasteiger partial charge is 0.388 e. The van der Waals surface area contributed by atoms with Gasteiger partial charge in [0.1, 0.15) is 0 Å². The SMILES string of the molecule is CC#CCCC(O)c1cccc(C(F)F)c1. The Morgan fingerprint density at radius 1 is 1.31 bits per heavy atom. The summed E-state index contributed by atoms with van der Waals surface area (Å²) in [4.78, 5) is 0. The molecule has 0 saturated heterocycles.